The Balaban J connectivity index is 1.49. The van der Waals surface area contributed by atoms with Gasteiger partial charge in [-0.25, -0.2) is 0 Å². The number of aryl methyl sites for hydroxylation is 1. The van der Waals surface area contributed by atoms with Gasteiger partial charge in [-0.2, -0.15) is 0 Å². The minimum Gasteiger partial charge on any atom is -0.358 e. The van der Waals surface area contributed by atoms with E-state index in [1.165, 1.54) is 24.8 Å². The zero-order chi connectivity index (χ0) is 18.8. The summed E-state index contributed by atoms with van der Waals surface area (Å²) in [7, 11) is 0. The fourth-order valence-electron chi connectivity index (χ4n) is 4.46. The van der Waals surface area contributed by atoms with E-state index in [4.69, 9.17) is 0 Å². The molecule has 0 saturated heterocycles. The van der Waals surface area contributed by atoms with Gasteiger partial charge in [0.2, 0.25) is 5.91 Å². The third kappa shape index (κ3) is 3.93. The van der Waals surface area contributed by atoms with Gasteiger partial charge in [-0.15, -0.1) is 0 Å². The molecular formula is C22H29N3O2. The molecule has 1 aromatic heterocycles. The van der Waals surface area contributed by atoms with Crippen molar-refractivity contribution in [2.75, 3.05) is 13.1 Å². The highest BCUT2D eigenvalue weighted by Gasteiger charge is 2.23. The summed E-state index contributed by atoms with van der Waals surface area (Å²) in [6, 6.07) is 6.43. The number of H-pyrrole nitrogens is 1. The molecule has 1 fully saturated rings. The number of aromatic amines is 1. The highest BCUT2D eigenvalue weighted by Crippen LogP contribution is 2.20. The number of nitrogens with one attached hydrogen (secondary N) is 2. The van der Waals surface area contributed by atoms with Gasteiger partial charge in [0.1, 0.15) is 0 Å². The molecule has 0 bridgehead atoms. The topological polar surface area (TPSA) is 65.2 Å². The number of hydrogen-bond acceptors (Lipinski definition) is 3. The van der Waals surface area contributed by atoms with E-state index in [-0.39, 0.29) is 11.3 Å². The fraction of sp³-hybridized carbons (Fsp3) is 0.545. The van der Waals surface area contributed by atoms with Crippen molar-refractivity contribution in [1.82, 2.24) is 15.2 Å². The number of pyridine rings is 1. The number of carbonyl (C=O) groups excluding carboxylic acids is 1. The zero-order valence-corrected chi connectivity index (χ0v) is 16.1. The van der Waals surface area contributed by atoms with Crippen molar-refractivity contribution in [3.05, 3.63) is 45.2 Å². The van der Waals surface area contributed by atoms with Crippen LogP contribution in [0.5, 0.6) is 0 Å². The lowest BCUT2D eigenvalue weighted by molar-refractivity contribution is -0.123. The Labute approximate surface area is 160 Å². The number of rotatable bonds is 4. The molecule has 2 N–H and O–H groups in total. The van der Waals surface area contributed by atoms with Crippen molar-refractivity contribution in [2.45, 2.75) is 64.5 Å². The third-order valence-corrected chi connectivity index (χ3v) is 6.06. The maximum Gasteiger partial charge on any atom is 0.234 e. The Hall–Kier alpha value is -2.14. The van der Waals surface area contributed by atoms with E-state index in [9.17, 15) is 9.59 Å². The van der Waals surface area contributed by atoms with Gasteiger partial charge in [-0.3, -0.25) is 14.5 Å². The molecular weight excluding hydrogens is 338 g/mol. The summed E-state index contributed by atoms with van der Waals surface area (Å²) in [4.78, 5) is 31.0. The molecule has 0 atom stereocenters. The molecule has 2 aromatic rings. The first-order chi connectivity index (χ1) is 13.1. The summed E-state index contributed by atoms with van der Waals surface area (Å²) >= 11 is 0. The molecule has 1 amide bonds. The summed E-state index contributed by atoms with van der Waals surface area (Å²) in [5.74, 6) is 0.0934. The number of aromatic nitrogens is 1. The molecule has 1 aromatic carbocycles. The summed E-state index contributed by atoms with van der Waals surface area (Å²) in [6.07, 6.45) is 7.60. The number of benzene rings is 1. The minimum atomic E-state index is 0.0934. The van der Waals surface area contributed by atoms with Crippen LogP contribution in [0.3, 0.4) is 0 Å². The standard InChI is InChI=1S/C22H29N3O2/c1-2-15-8-9-19-17(12-15)22(27)18-13-25(11-10-20(18)24-19)14-21(26)23-16-6-4-3-5-7-16/h8-9,12,16H,2-7,10-11,13-14H2,1H3,(H,23,26)(H,24,27). The largest absolute Gasteiger partial charge is 0.358 e. The first-order valence-electron chi connectivity index (χ1n) is 10.3. The van der Waals surface area contributed by atoms with Gasteiger partial charge in [-0.05, 0) is 37.0 Å². The molecule has 1 saturated carbocycles. The smallest absolute Gasteiger partial charge is 0.234 e. The second-order valence-corrected chi connectivity index (χ2v) is 8.01. The molecule has 1 aliphatic carbocycles. The lowest BCUT2D eigenvalue weighted by Crippen LogP contribution is -2.45. The normalized spacial score (nSPS) is 18.4. The molecule has 2 heterocycles. The monoisotopic (exact) mass is 367 g/mol. The lowest BCUT2D eigenvalue weighted by atomic mass is 9.95. The Morgan fingerprint density at radius 1 is 1.26 bits per heavy atom. The van der Waals surface area contributed by atoms with Crippen LogP contribution < -0.4 is 10.7 Å². The average molecular weight is 367 g/mol. The number of amides is 1. The quantitative estimate of drug-likeness (QED) is 0.873. The Morgan fingerprint density at radius 2 is 2.07 bits per heavy atom. The number of hydrogen-bond donors (Lipinski definition) is 2. The van der Waals surface area contributed by atoms with Gasteiger partial charge in [0.05, 0.1) is 6.54 Å². The van der Waals surface area contributed by atoms with Gasteiger partial charge in [0.15, 0.2) is 5.43 Å². The predicted molar refractivity (Wildman–Crippen MR) is 108 cm³/mol. The van der Waals surface area contributed by atoms with E-state index in [1.54, 1.807) is 0 Å². The van der Waals surface area contributed by atoms with Gasteiger partial charge >= 0.3 is 0 Å². The molecule has 5 heteroatoms. The van der Waals surface area contributed by atoms with Crippen LogP contribution in [0.15, 0.2) is 23.0 Å². The van der Waals surface area contributed by atoms with Crippen LogP contribution in [0.2, 0.25) is 0 Å². The van der Waals surface area contributed by atoms with Gasteiger partial charge in [0, 0.05) is 47.7 Å². The first kappa shape index (κ1) is 18.2. The summed E-state index contributed by atoms with van der Waals surface area (Å²) in [5.41, 5.74) is 4.06. The van der Waals surface area contributed by atoms with Crippen molar-refractivity contribution < 1.29 is 4.79 Å². The summed E-state index contributed by atoms with van der Waals surface area (Å²) < 4.78 is 0. The second kappa shape index (κ2) is 7.85. The van der Waals surface area contributed by atoms with Gasteiger partial charge < -0.3 is 10.3 Å². The van der Waals surface area contributed by atoms with Crippen LogP contribution in [0.1, 0.15) is 55.8 Å². The predicted octanol–water partition coefficient (Wildman–Crippen LogP) is 2.90. The van der Waals surface area contributed by atoms with Crippen molar-refractivity contribution in [3.63, 3.8) is 0 Å². The van der Waals surface area contributed by atoms with Crippen LogP contribution in [-0.4, -0.2) is 34.9 Å². The van der Waals surface area contributed by atoms with E-state index in [1.807, 2.05) is 12.1 Å². The molecule has 4 rings (SSSR count). The average Bonchev–Trinajstić information content (AvgIpc) is 2.69. The van der Waals surface area contributed by atoms with E-state index >= 15 is 0 Å². The fourth-order valence-corrected chi connectivity index (χ4v) is 4.46. The summed E-state index contributed by atoms with van der Waals surface area (Å²) in [5, 5.41) is 3.95. The van der Waals surface area contributed by atoms with E-state index < -0.39 is 0 Å². The van der Waals surface area contributed by atoms with Crippen LogP contribution in [-0.2, 0) is 24.2 Å². The molecule has 5 nitrogen and oxygen atoms in total. The minimum absolute atomic E-state index is 0.0934. The third-order valence-electron chi connectivity index (χ3n) is 6.06. The molecule has 27 heavy (non-hydrogen) atoms. The van der Waals surface area contributed by atoms with Crippen molar-refractivity contribution in [2.24, 2.45) is 0 Å². The van der Waals surface area contributed by atoms with Crippen molar-refractivity contribution in [1.29, 1.82) is 0 Å². The van der Waals surface area contributed by atoms with Gasteiger partial charge in [0.25, 0.3) is 0 Å². The lowest BCUT2D eigenvalue weighted by Gasteiger charge is -2.29. The molecule has 144 valence electrons. The van der Waals surface area contributed by atoms with E-state index in [0.29, 0.717) is 19.1 Å². The van der Waals surface area contributed by atoms with Crippen LogP contribution in [0.25, 0.3) is 10.9 Å². The first-order valence-corrected chi connectivity index (χ1v) is 10.3. The number of carbonyl (C=O) groups is 1. The highest BCUT2D eigenvalue weighted by molar-refractivity contribution is 5.80. The van der Waals surface area contributed by atoms with E-state index in [2.05, 4.69) is 28.2 Å². The van der Waals surface area contributed by atoms with Crippen molar-refractivity contribution in [3.8, 4) is 0 Å². The highest BCUT2D eigenvalue weighted by atomic mass is 16.2. The van der Waals surface area contributed by atoms with Gasteiger partial charge in [-0.1, -0.05) is 32.3 Å². The number of fused-ring (bicyclic) bond motifs is 2. The van der Waals surface area contributed by atoms with E-state index in [0.717, 1.165) is 54.4 Å². The molecule has 1 aliphatic heterocycles. The van der Waals surface area contributed by atoms with Crippen LogP contribution >= 0.6 is 0 Å². The molecule has 0 spiro atoms. The Bertz CT molecular complexity index is 896. The van der Waals surface area contributed by atoms with Crippen LogP contribution in [0.4, 0.5) is 0 Å². The Morgan fingerprint density at radius 3 is 2.85 bits per heavy atom. The second-order valence-electron chi connectivity index (χ2n) is 8.01. The molecule has 2 aliphatic rings. The zero-order valence-electron chi connectivity index (χ0n) is 16.1. The van der Waals surface area contributed by atoms with Crippen molar-refractivity contribution >= 4 is 16.8 Å². The summed E-state index contributed by atoms with van der Waals surface area (Å²) in [6.45, 7) is 3.83. The maximum atomic E-state index is 13.0. The Kier molecular flexibility index (Phi) is 5.30. The SMILES string of the molecule is CCc1ccc2[nH]c3c(c(=O)c2c1)CN(CC(=O)NC1CCCCC1)CC3. The van der Waals surface area contributed by atoms with Crippen LogP contribution in [0, 0.1) is 0 Å². The molecule has 0 unspecified atom stereocenters. The number of nitrogens with zero attached hydrogens (tertiary/aromatic N) is 1. The maximum absolute atomic E-state index is 13.0. The molecule has 0 radical (unpaired) electrons.